The van der Waals surface area contributed by atoms with Crippen LogP contribution in [0.1, 0.15) is 22.3 Å². The summed E-state index contributed by atoms with van der Waals surface area (Å²) in [4.78, 5) is 29.4. The normalized spacial score (nSPS) is 14.1. The summed E-state index contributed by atoms with van der Waals surface area (Å²) in [5.41, 5.74) is 11.6. The maximum Gasteiger partial charge on any atom is 0.263 e. The summed E-state index contributed by atoms with van der Waals surface area (Å²) in [6.07, 6.45) is 2.15. The Morgan fingerprint density at radius 2 is 1.64 bits per heavy atom. The monoisotopic (exact) mass is 834 g/mol. The molecule has 1 amide bonds. The van der Waals surface area contributed by atoms with Crippen LogP contribution >= 0.6 is 23.4 Å². The molecule has 2 heterocycles. The third-order valence-corrected chi connectivity index (χ3v) is 13.0. The Morgan fingerprint density at radius 3 is 2.38 bits per heavy atom. The van der Waals surface area contributed by atoms with E-state index in [1.54, 1.807) is 17.8 Å². The third kappa shape index (κ3) is 10.3. The quantitative estimate of drug-likeness (QED) is 0.0833. The standard InChI is InChI=1S/C44H47ClN8O3S2/c1-51(2)21-20-34(29-57-36-9-4-3-5-10-36)49-41-19-17-37(27-40(41)43(46)54)58(55,56)50-44-39-18-16-35(26-42(39)47-30-48-44)53-24-22-52(23-25-53)28-32-8-6-7-11-38(32)31-12-14-33(45)15-13-31/h3-19,26-27,30,34,49H,20-25,28-29H2,1-2H3,(H2,46,54)(H,47,48,50). The zero-order valence-corrected chi connectivity index (χ0v) is 34.9. The van der Waals surface area contributed by atoms with Gasteiger partial charge in [-0.1, -0.05) is 66.2 Å². The number of nitrogens with two attached hydrogens (primary N) is 1. The summed E-state index contributed by atoms with van der Waals surface area (Å²) in [6, 6.07) is 36.7. The lowest BCUT2D eigenvalue weighted by Gasteiger charge is -2.36. The second kappa shape index (κ2) is 18.6. The summed E-state index contributed by atoms with van der Waals surface area (Å²) >= 11 is 7.85. The number of halogens is 1. The van der Waals surface area contributed by atoms with Gasteiger partial charge in [-0.15, -0.1) is 11.8 Å². The maximum atomic E-state index is 13.8. The Balaban J connectivity index is 1.02. The lowest BCUT2D eigenvalue weighted by molar-refractivity contribution is 0.100. The molecule has 14 heteroatoms. The van der Waals surface area contributed by atoms with Crippen LogP contribution in [0.25, 0.3) is 22.0 Å². The SMILES string of the molecule is CN(C)CCC(CSc1ccccc1)Nc1ccc(S(=O)(=O)Nc2ncnc3cc(N4CCN(Cc5ccccc5-c5ccc(Cl)cc5)CC4)ccc23)cc1C(N)=O. The van der Waals surface area contributed by atoms with E-state index in [1.165, 1.54) is 29.6 Å². The highest BCUT2D eigenvalue weighted by atomic mass is 35.5. The van der Waals surface area contributed by atoms with Crippen molar-refractivity contribution in [2.75, 3.05) is 67.5 Å². The molecule has 1 fully saturated rings. The van der Waals surface area contributed by atoms with Crippen LogP contribution in [-0.4, -0.2) is 92.7 Å². The zero-order valence-electron chi connectivity index (χ0n) is 32.5. The van der Waals surface area contributed by atoms with Crippen molar-refractivity contribution >= 4 is 67.4 Å². The lowest BCUT2D eigenvalue weighted by Crippen LogP contribution is -2.46. The van der Waals surface area contributed by atoms with Crippen molar-refractivity contribution < 1.29 is 13.2 Å². The first kappa shape index (κ1) is 41.0. The van der Waals surface area contributed by atoms with Crippen LogP contribution < -0.4 is 20.7 Å². The first-order chi connectivity index (χ1) is 28.0. The van der Waals surface area contributed by atoms with Gasteiger partial charge in [-0.05, 0) is 104 Å². The number of benzene rings is 5. The molecule has 1 aliphatic rings. The summed E-state index contributed by atoms with van der Waals surface area (Å²) in [5.74, 6) is 0.146. The average molecular weight is 835 g/mol. The fourth-order valence-corrected chi connectivity index (χ4v) is 9.22. The van der Waals surface area contributed by atoms with E-state index in [0.717, 1.165) is 72.6 Å². The van der Waals surface area contributed by atoms with E-state index < -0.39 is 15.9 Å². The molecule has 5 aromatic carbocycles. The first-order valence-electron chi connectivity index (χ1n) is 19.1. The van der Waals surface area contributed by atoms with Crippen LogP contribution in [0.3, 0.4) is 0 Å². The molecule has 1 aromatic heterocycles. The van der Waals surface area contributed by atoms with Crippen molar-refractivity contribution in [1.82, 2.24) is 19.8 Å². The van der Waals surface area contributed by atoms with Crippen LogP contribution in [0.15, 0.2) is 131 Å². The predicted octanol–water partition coefficient (Wildman–Crippen LogP) is 7.70. The number of fused-ring (bicyclic) bond motifs is 1. The third-order valence-electron chi connectivity index (χ3n) is 10.2. The fourth-order valence-electron chi connectivity index (χ4n) is 7.05. The summed E-state index contributed by atoms with van der Waals surface area (Å²) in [7, 11) is -0.146. The minimum absolute atomic E-state index is 0.0179. The topological polar surface area (TPSA) is 137 Å². The molecular weight excluding hydrogens is 788 g/mol. The van der Waals surface area contributed by atoms with Crippen LogP contribution in [-0.2, 0) is 16.6 Å². The van der Waals surface area contributed by atoms with E-state index in [2.05, 4.69) is 83.2 Å². The number of rotatable bonds is 16. The van der Waals surface area contributed by atoms with Gasteiger partial charge in [0.15, 0.2) is 5.82 Å². The minimum Gasteiger partial charge on any atom is -0.381 e. The number of thioether (sulfide) groups is 1. The molecule has 1 aliphatic heterocycles. The highest BCUT2D eigenvalue weighted by Crippen LogP contribution is 2.31. The Labute approximate surface area is 349 Å². The largest absolute Gasteiger partial charge is 0.381 e. The summed E-state index contributed by atoms with van der Waals surface area (Å²) in [6.45, 7) is 5.08. The number of piperazine rings is 1. The van der Waals surface area contributed by atoms with Crippen molar-refractivity contribution in [2.24, 2.45) is 5.73 Å². The fraction of sp³-hybridized carbons (Fsp3) is 0.250. The number of primary amides is 1. The number of amides is 1. The first-order valence-corrected chi connectivity index (χ1v) is 22.0. The van der Waals surface area contributed by atoms with Crippen molar-refractivity contribution in [1.29, 1.82) is 0 Å². The van der Waals surface area contributed by atoms with E-state index in [-0.39, 0.29) is 22.3 Å². The van der Waals surface area contributed by atoms with Crippen LogP contribution in [0.5, 0.6) is 0 Å². The van der Waals surface area contributed by atoms with Crippen LogP contribution in [0.2, 0.25) is 5.02 Å². The second-order valence-corrected chi connectivity index (χ2v) is 17.8. The predicted molar refractivity (Wildman–Crippen MR) is 237 cm³/mol. The number of carbonyl (C=O) groups excluding carboxylic acids is 1. The molecule has 0 spiro atoms. The number of hydrogen-bond acceptors (Lipinski definition) is 10. The molecule has 1 unspecified atom stereocenters. The molecular formula is C44H47ClN8O3S2. The molecule has 0 radical (unpaired) electrons. The maximum absolute atomic E-state index is 13.8. The zero-order chi connectivity index (χ0) is 40.6. The van der Waals surface area contributed by atoms with Gasteiger partial charge < -0.3 is 20.9 Å². The minimum atomic E-state index is -4.17. The smallest absolute Gasteiger partial charge is 0.263 e. The molecule has 4 N–H and O–H groups in total. The van der Waals surface area contributed by atoms with Gasteiger partial charge >= 0.3 is 0 Å². The van der Waals surface area contributed by atoms with Gasteiger partial charge in [0.2, 0.25) is 0 Å². The number of carbonyl (C=O) groups is 1. The molecule has 58 heavy (non-hydrogen) atoms. The highest BCUT2D eigenvalue weighted by Gasteiger charge is 2.23. The summed E-state index contributed by atoms with van der Waals surface area (Å²) < 4.78 is 30.3. The van der Waals surface area contributed by atoms with E-state index in [9.17, 15) is 13.2 Å². The van der Waals surface area contributed by atoms with Crippen LogP contribution in [0, 0.1) is 0 Å². The number of hydrogen-bond donors (Lipinski definition) is 3. The molecule has 1 saturated heterocycles. The Kier molecular flexibility index (Phi) is 13.1. The highest BCUT2D eigenvalue weighted by molar-refractivity contribution is 7.99. The van der Waals surface area contributed by atoms with E-state index in [4.69, 9.17) is 17.3 Å². The Bertz CT molecular complexity index is 2460. The van der Waals surface area contributed by atoms with Crippen molar-refractivity contribution in [3.8, 4) is 11.1 Å². The van der Waals surface area contributed by atoms with Gasteiger partial charge in [0.05, 0.1) is 16.0 Å². The van der Waals surface area contributed by atoms with E-state index in [1.807, 2.05) is 62.6 Å². The lowest BCUT2D eigenvalue weighted by atomic mass is 9.99. The molecule has 7 rings (SSSR count). The summed E-state index contributed by atoms with van der Waals surface area (Å²) in [5, 5.41) is 4.75. The van der Waals surface area contributed by atoms with Gasteiger partial charge in [0, 0.05) is 71.2 Å². The van der Waals surface area contributed by atoms with Gasteiger partial charge in [0.1, 0.15) is 6.33 Å². The molecule has 0 aliphatic carbocycles. The van der Waals surface area contributed by atoms with Crippen molar-refractivity contribution in [3.63, 3.8) is 0 Å². The molecule has 0 bridgehead atoms. The van der Waals surface area contributed by atoms with Crippen molar-refractivity contribution in [3.05, 3.63) is 138 Å². The number of nitrogens with zero attached hydrogens (tertiary/aromatic N) is 5. The Morgan fingerprint density at radius 1 is 0.897 bits per heavy atom. The number of nitrogens with one attached hydrogen (secondary N) is 2. The van der Waals surface area contributed by atoms with E-state index in [0.29, 0.717) is 16.6 Å². The molecule has 11 nitrogen and oxygen atoms in total. The van der Waals surface area contributed by atoms with Gasteiger partial charge in [0.25, 0.3) is 15.9 Å². The number of aromatic nitrogens is 2. The van der Waals surface area contributed by atoms with Gasteiger partial charge in [-0.25, -0.2) is 18.4 Å². The molecule has 0 saturated carbocycles. The van der Waals surface area contributed by atoms with Gasteiger partial charge in [-0.3, -0.25) is 14.4 Å². The average Bonchev–Trinajstić information content (AvgIpc) is 3.23. The Hall–Kier alpha value is -5.18. The van der Waals surface area contributed by atoms with Crippen molar-refractivity contribution in [2.45, 2.75) is 28.8 Å². The van der Waals surface area contributed by atoms with Gasteiger partial charge in [-0.2, -0.15) is 0 Å². The molecule has 1 atom stereocenters. The number of sulfonamides is 1. The van der Waals surface area contributed by atoms with Crippen LogP contribution in [0.4, 0.5) is 17.2 Å². The molecule has 6 aromatic rings. The number of anilines is 3. The molecule has 300 valence electrons. The second-order valence-electron chi connectivity index (χ2n) is 14.6. The van der Waals surface area contributed by atoms with E-state index >= 15 is 0 Å².